The minimum absolute atomic E-state index is 0.682. The number of hydrogen-bond acceptors (Lipinski definition) is 2. The first kappa shape index (κ1) is 15.9. The number of hydrogen-bond donors (Lipinski definition) is 0. The minimum atomic E-state index is -2.91. The Morgan fingerprint density at radius 2 is 1.09 bits per heavy atom. The third kappa shape index (κ3) is 3.34. The largest absolute Gasteiger partial charge is 0.308 e. The van der Waals surface area contributed by atoms with E-state index >= 15 is 0 Å². The molecular weight excluding hydrogens is 319 g/mol. The molecule has 0 bridgehead atoms. The Balaban J connectivity index is 2.06. The fourth-order valence-electron chi connectivity index (χ4n) is 2.40. The van der Waals surface area contributed by atoms with E-state index in [1.165, 1.54) is 11.8 Å². The van der Waals surface area contributed by atoms with Gasteiger partial charge < -0.3 is 4.57 Å². The first-order valence-electron chi connectivity index (χ1n) is 7.35. The van der Waals surface area contributed by atoms with Gasteiger partial charge in [-0.3, -0.25) is 0 Å². The zero-order chi connectivity index (χ0) is 16.1. The lowest BCUT2D eigenvalue weighted by Gasteiger charge is -2.21. The van der Waals surface area contributed by atoms with Gasteiger partial charge in [0, 0.05) is 15.5 Å². The number of thioether (sulfide) groups is 1. The molecule has 0 aromatic heterocycles. The lowest BCUT2D eigenvalue weighted by atomic mass is 10.4. The third-order valence-electron chi connectivity index (χ3n) is 3.57. The highest BCUT2D eigenvalue weighted by molar-refractivity contribution is 8.13. The fourth-order valence-corrected chi connectivity index (χ4v) is 6.49. The standard InChI is InChI=1S/C20H17OPS/c1-17(23-20-15-9-4-10-16-20)22(21,18-11-5-2-6-12-18)19-13-7-3-8-14-19/h2-16H,1H2. The number of benzene rings is 3. The summed E-state index contributed by atoms with van der Waals surface area (Å²) in [5.41, 5.74) is 0. The second-order valence-electron chi connectivity index (χ2n) is 5.09. The van der Waals surface area contributed by atoms with Gasteiger partial charge in [-0.1, -0.05) is 97.2 Å². The molecule has 3 heteroatoms. The van der Waals surface area contributed by atoms with E-state index in [9.17, 15) is 4.57 Å². The molecule has 0 aliphatic heterocycles. The van der Waals surface area contributed by atoms with Gasteiger partial charge in [-0.15, -0.1) is 0 Å². The average molecular weight is 336 g/mol. The Morgan fingerprint density at radius 3 is 1.52 bits per heavy atom. The Morgan fingerprint density at radius 1 is 0.696 bits per heavy atom. The second-order valence-corrected chi connectivity index (χ2v) is 9.35. The van der Waals surface area contributed by atoms with Crippen LogP contribution in [0.2, 0.25) is 0 Å². The molecule has 0 amide bonds. The molecule has 0 radical (unpaired) electrons. The summed E-state index contributed by atoms with van der Waals surface area (Å²) in [6.45, 7) is 4.17. The molecule has 0 saturated heterocycles. The van der Waals surface area contributed by atoms with Crippen molar-refractivity contribution in [2.75, 3.05) is 0 Å². The van der Waals surface area contributed by atoms with Gasteiger partial charge in [-0.05, 0) is 12.1 Å². The SMILES string of the molecule is C=C(Sc1ccccc1)P(=O)(c1ccccc1)c1ccccc1. The van der Waals surface area contributed by atoms with E-state index in [0.717, 1.165) is 15.5 Å². The summed E-state index contributed by atoms with van der Waals surface area (Å²) in [6, 6.07) is 29.2. The molecule has 23 heavy (non-hydrogen) atoms. The van der Waals surface area contributed by atoms with Crippen LogP contribution < -0.4 is 10.6 Å². The Hall–Kier alpha value is -2.02. The second kappa shape index (κ2) is 7.04. The summed E-state index contributed by atoms with van der Waals surface area (Å²) in [5, 5.41) is 1.64. The average Bonchev–Trinajstić information content (AvgIpc) is 2.63. The van der Waals surface area contributed by atoms with Gasteiger partial charge in [0.2, 0.25) is 0 Å². The van der Waals surface area contributed by atoms with Crippen molar-refractivity contribution in [2.45, 2.75) is 4.90 Å². The summed E-state index contributed by atoms with van der Waals surface area (Å²) in [6.07, 6.45) is 0. The van der Waals surface area contributed by atoms with Crippen molar-refractivity contribution < 1.29 is 4.57 Å². The highest BCUT2D eigenvalue weighted by atomic mass is 32.2. The maximum Gasteiger partial charge on any atom is 0.176 e. The van der Waals surface area contributed by atoms with Crippen molar-refractivity contribution >= 4 is 29.5 Å². The van der Waals surface area contributed by atoms with Gasteiger partial charge >= 0.3 is 0 Å². The van der Waals surface area contributed by atoms with Gasteiger partial charge in [-0.25, -0.2) is 0 Å². The van der Waals surface area contributed by atoms with Gasteiger partial charge in [0.05, 0.1) is 4.65 Å². The summed E-state index contributed by atoms with van der Waals surface area (Å²) < 4.78 is 14.7. The van der Waals surface area contributed by atoms with E-state index in [-0.39, 0.29) is 0 Å². The highest BCUT2D eigenvalue weighted by Gasteiger charge is 2.31. The molecule has 1 nitrogen and oxygen atoms in total. The van der Waals surface area contributed by atoms with Gasteiger partial charge in [-0.2, -0.15) is 0 Å². The maximum absolute atomic E-state index is 14.0. The van der Waals surface area contributed by atoms with Crippen molar-refractivity contribution in [1.82, 2.24) is 0 Å². The predicted molar refractivity (Wildman–Crippen MR) is 101 cm³/mol. The Labute approximate surface area is 141 Å². The predicted octanol–water partition coefficient (Wildman–Crippen LogP) is 5.26. The van der Waals surface area contributed by atoms with Crippen LogP contribution in [0.1, 0.15) is 0 Å². The van der Waals surface area contributed by atoms with E-state index in [1.807, 2.05) is 91.0 Å². The summed E-state index contributed by atoms with van der Waals surface area (Å²) in [7, 11) is -2.91. The minimum Gasteiger partial charge on any atom is -0.308 e. The molecule has 0 heterocycles. The van der Waals surface area contributed by atoms with E-state index in [4.69, 9.17) is 0 Å². The van der Waals surface area contributed by atoms with Crippen LogP contribution in [0, 0.1) is 0 Å². The lowest BCUT2D eigenvalue weighted by molar-refractivity contribution is 0.592. The zero-order valence-corrected chi connectivity index (χ0v) is 14.3. The van der Waals surface area contributed by atoms with Crippen LogP contribution in [-0.4, -0.2) is 0 Å². The molecule has 0 aliphatic carbocycles. The molecule has 114 valence electrons. The van der Waals surface area contributed by atoms with Crippen LogP contribution in [0.4, 0.5) is 0 Å². The van der Waals surface area contributed by atoms with Crippen molar-refractivity contribution in [3.63, 3.8) is 0 Å². The van der Waals surface area contributed by atoms with E-state index in [0.29, 0.717) is 4.65 Å². The molecule has 3 aromatic rings. The van der Waals surface area contributed by atoms with Crippen LogP contribution in [-0.2, 0) is 4.57 Å². The topological polar surface area (TPSA) is 17.1 Å². The van der Waals surface area contributed by atoms with Crippen LogP contribution in [0.25, 0.3) is 0 Å². The molecule has 0 atom stereocenters. The van der Waals surface area contributed by atoms with Crippen molar-refractivity contribution in [3.8, 4) is 0 Å². The Kier molecular flexibility index (Phi) is 4.85. The fraction of sp³-hybridized carbons (Fsp3) is 0. The van der Waals surface area contributed by atoms with E-state index < -0.39 is 7.14 Å². The van der Waals surface area contributed by atoms with Gasteiger partial charge in [0.15, 0.2) is 7.14 Å². The van der Waals surface area contributed by atoms with Crippen molar-refractivity contribution in [3.05, 3.63) is 102 Å². The molecule has 0 saturated carbocycles. The molecular formula is C20H17OPS. The lowest BCUT2D eigenvalue weighted by Crippen LogP contribution is -2.16. The summed E-state index contributed by atoms with van der Waals surface area (Å²) in [4.78, 5) is 1.05. The molecule has 3 rings (SSSR count). The molecule has 0 aliphatic rings. The van der Waals surface area contributed by atoms with Crippen LogP contribution in [0.5, 0.6) is 0 Å². The van der Waals surface area contributed by atoms with Crippen LogP contribution in [0.15, 0.2) is 107 Å². The molecule has 0 unspecified atom stereocenters. The molecule has 0 fully saturated rings. The van der Waals surface area contributed by atoms with Crippen molar-refractivity contribution in [1.29, 1.82) is 0 Å². The molecule has 0 spiro atoms. The van der Waals surface area contributed by atoms with E-state index in [1.54, 1.807) is 0 Å². The van der Waals surface area contributed by atoms with Crippen molar-refractivity contribution in [2.24, 2.45) is 0 Å². The zero-order valence-electron chi connectivity index (χ0n) is 12.6. The monoisotopic (exact) mass is 336 g/mol. The summed E-state index contributed by atoms with van der Waals surface area (Å²) >= 11 is 1.48. The highest BCUT2D eigenvalue weighted by Crippen LogP contribution is 2.57. The smallest absolute Gasteiger partial charge is 0.176 e. The third-order valence-corrected chi connectivity index (χ3v) is 8.11. The molecule has 0 N–H and O–H groups in total. The van der Waals surface area contributed by atoms with Gasteiger partial charge in [0.25, 0.3) is 0 Å². The van der Waals surface area contributed by atoms with E-state index in [2.05, 4.69) is 6.58 Å². The van der Waals surface area contributed by atoms with Crippen LogP contribution >= 0.6 is 18.9 Å². The first-order valence-corrected chi connectivity index (χ1v) is 9.87. The van der Waals surface area contributed by atoms with Crippen LogP contribution in [0.3, 0.4) is 0 Å². The quantitative estimate of drug-likeness (QED) is 0.467. The first-order chi connectivity index (χ1) is 11.2. The molecule has 3 aromatic carbocycles. The Bertz CT molecular complexity index is 786. The number of rotatable bonds is 5. The normalized spacial score (nSPS) is 11.1. The summed E-state index contributed by atoms with van der Waals surface area (Å²) in [5.74, 6) is 0. The maximum atomic E-state index is 14.0. The van der Waals surface area contributed by atoms with Gasteiger partial charge in [0.1, 0.15) is 0 Å².